The minimum absolute atomic E-state index is 0.123. The Kier molecular flexibility index (Phi) is 13.2. The molecule has 2 aliphatic heterocycles. The molecule has 0 radical (unpaired) electrons. The maximum atomic E-state index is 13.5. The Morgan fingerprint density at radius 1 is 0.830 bits per heavy atom. The summed E-state index contributed by atoms with van der Waals surface area (Å²) in [6.45, 7) is 14.8. The van der Waals surface area contributed by atoms with E-state index in [0.717, 1.165) is 52.3 Å². The molecule has 0 saturated heterocycles. The molecule has 0 aromatic heterocycles. The van der Waals surface area contributed by atoms with Crippen LogP contribution in [0, 0.1) is 6.92 Å². The van der Waals surface area contributed by atoms with Crippen LogP contribution in [0.1, 0.15) is 111 Å². The fourth-order valence-corrected chi connectivity index (χ4v) is 8.35. The Balaban J connectivity index is 1.85. The van der Waals surface area contributed by atoms with E-state index in [-0.39, 0.29) is 39.1 Å². The normalized spacial score (nSPS) is 17.1. The third kappa shape index (κ3) is 9.64. The molecule has 0 aliphatic carbocycles. The molecule has 2 N–H and O–H groups in total. The number of anilines is 1. The maximum absolute atomic E-state index is 13.5. The van der Waals surface area contributed by atoms with Crippen molar-refractivity contribution < 1.29 is 49.6 Å². The summed E-state index contributed by atoms with van der Waals surface area (Å²) in [6, 6.07) is 9.12. The third-order valence-corrected chi connectivity index (χ3v) is 11.3. The van der Waals surface area contributed by atoms with Crippen LogP contribution in [0.25, 0.3) is 0 Å². The Morgan fingerprint density at radius 2 is 1.47 bits per heavy atom. The number of nitrogens with zero attached hydrogens (tertiary/aromatic N) is 2. The van der Waals surface area contributed by atoms with Crippen LogP contribution in [0.3, 0.4) is 0 Å². The Hall–Kier alpha value is -3.85. The van der Waals surface area contributed by atoms with E-state index in [2.05, 4.69) is 0 Å². The van der Waals surface area contributed by atoms with E-state index in [4.69, 9.17) is 9.47 Å². The van der Waals surface area contributed by atoms with Crippen LogP contribution in [0.2, 0.25) is 0 Å². The number of esters is 2. The molecule has 14 heteroatoms. The first-order valence-electron chi connectivity index (χ1n) is 18.1. The van der Waals surface area contributed by atoms with Crippen molar-refractivity contribution in [3.63, 3.8) is 0 Å². The zero-order valence-electron chi connectivity index (χ0n) is 31.8. The van der Waals surface area contributed by atoms with Crippen LogP contribution < -0.4 is 4.90 Å². The average molecular weight is 774 g/mol. The number of fused-ring (bicyclic) bond motifs is 2. The van der Waals surface area contributed by atoms with Gasteiger partial charge in [0.25, 0.3) is 20.2 Å². The maximum Gasteiger partial charge on any atom is 0.338 e. The van der Waals surface area contributed by atoms with E-state index in [1.807, 2.05) is 94.4 Å². The molecule has 0 saturated carbocycles. The van der Waals surface area contributed by atoms with Crippen molar-refractivity contribution >= 4 is 49.3 Å². The minimum Gasteiger partial charge on any atom is -0.462 e. The van der Waals surface area contributed by atoms with Gasteiger partial charge in [-0.2, -0.15) is 21.4 Å². The van der Waals surface area contributed by atoms with Crippen LogP contribution in [-0.4, -0.2) is 86.0 Å². The first-order chi connectivity index (χ1) is 24.7. The standard InChI is InChI=1S/C39H52N2O10S2/c1-8-10-22-51-37(43)29-25-27(3)26-31-35(29)39(6,7)33(41(31)20-14-24-53(47,48)49)18-12-17-32-38(4,5)34-28(36(42)50-21-9-2)15-11-16-30(34)40(32)19-13-23-52(44,45)46/h11-12,15-18,25-26H,8-10,13-14,19-24H2,1-7H3,(H-,44,45,46,47,48,49)/p+1. The van der Waals surface area contributed by atoms with Crippen LogP contribution in [0.15, 0.2) is 54.3 Å². The number of aryl methyl sites for hydroxylation is 1. The first-order valence-corrected chi connectivity index (χ1v) is 21.3. The van der Waals surface area contributed by atoms with Crippen molar-refractivity contribution in [1.29, 1.82) is 0 Å². The van der Waals surface area contributed by atoms with Gasteiger partial charge in [0.15, 0.2) is 5.71 Å². The molecule has 53 heavy (non-hydrogen) atoms. The van der Waals surface area contributed by atoms with Crippen molar-refractivity contribution in [3.8, 4) is 0 Å². The molecule has 4 rings (SSSR count). The zero-order valence-corrected chi connectivity index (χ0v) is 33.4. The van der Waals surface area contributed by atoms with E-state index in [9.17, 15) is 35.5 Å². The van der Waals surface area contributed by atoms with Gasteiger partial charge in [-0.1, -0.05) is 46.3 Å². The number of benzene rings is 2. The van der Waals surface area contributed by atoms with Gasteiger partial charge in [0.1, 0.15) is 6.54 Å². The van der Waals surface area contributed by atoms with Gasteiger partial charge < -0.3 is 14.4 Å². The van der Waals surface area contributed by atoms with E-state index >= 15 is 0 Å². The Labute approximate surface area is 314 Å². The van der Waals surface area contributed by atoms with Gasteiger partial charge in [0, 0.05) is 47.5 Å². The lowest BCUT2D eigenvalue weighted by Gasteiger charge is -2.27. The van der Waals surface area contributed by atoms with E-state index in [0.29, 0.717) is 17.5 Å². The van der Waals surface area contributed by atoms with Crippen LogP contribution in [0.4, 0.5) is 11.4 Å². The Bertz CT molecular complexity index is 2040. The summed E-state index contributed by atoms with van der Waals surface area (Å²) < 4.78 is 78.8. The summed E-state index contributed by atoms with van der Waals surface area (Å²) in [6.07, 6.45) is 8.18. The summed E-state index contributed by atoms with van der Waals surface area (Å²) in [5, 5.41) is 0. The number of carbonyl (C=O) groups excluding carboxylic acids is 2. The highest BCUT2D eigenvalue weighted by atomic mass is 32.2. The lowest BCUT2D eigenvalue weighted by atomic mass is 9.78. The molecule has 12 nitrogen and oxygen atoms in total. The summed E-state index contributed by atoms with van der Waals surface area (Å²) in [5.41, 5.74) is 4.71. The average Bonchev–Trinajstić information content (AvgIpc) is 3.40. The second-order valence-corrected chi connectivity index (χ2v) is 17.8. The predicted octanol–water partition coefficient (Wildman–Crippen LogP) is 6.69. The van der Waals surface area contributed by atoms with Crippen molar-refractivity contribution in [1.82, 2.24) is 0 Å². The van der Waals surface area contributed by atoms with Gasteiger partial charge in [-0.25, -0.2) is 9.59 Å². The van der Waals surface area contributed by atoms with Crippen molar-refractivity contribution in [3.05, 3.63) is 82.1 Å². The van der Waals surface area contributed by atoms with Gasteiger partial charge in [-0.05, 0) is 69.9 Å². The number of allylic oxidation sites excluding steroid dienone is 4. The van der Waals surface area contributed by atoms with E-state index < -0.39 is 54.5 Å². The molecule has 290 valence electrons. The van der Waals surface area contributed by atoms with Crippen LogP contribution in [0.5, 0.6) is 0 Å². The van der Waals surface area contributed by atoms with Crippen molar-refractivity contribution in [2.45, 2.75) is 91.4 Å². The van der Waals surface area contributed by atoms with Gasteiger partial charge in [-0.15, -0.1) is 0 Å². The van der Waals surface area contributed by atoms with Crippen LogP contribution in [-0.2, 0) is 40.5 Å². The second kappa shape index (κ2) is 16.7. The molecular formula is C39H53N2O10S2+. The van der Waals surface area contributed by atoms with Crippen molar-refractivity contribution in [2.24, 2.45) is 0 Å². The van der Waals surface area contributed by atoms with Gasteiger partial charge in [-0.3, -0.25) is 9.11 Å². The lowest BCUT2D eigenvalue weighted by Crippen LogP contribution is -2.30. The highest BCUT2D eigenvalue weighted by Gasteiger charge is 2.47. The molecule has 2 aromatic rings. The minimum atomic E-state index is -4.22. The molecule has 0 fully saturated rings. The smallest absolute Gasteiger partial charge is 0.338 e. The van der Waals surface area contributed by atoms with Gasteiger partial charge in [0.05, 0.1) is 46.8 Å². The van der Waals surface area contributed by atoms with Crippen LogP contribution >= 0.6 is 0 Å². The number of unbranched alkanes of at least 4 members (excludes halogenated alkanes) is 1. The predicted molar refractivity (Wildman–Crippen MR) is 206 cm³/mol. The van der Waals surface area contributed by atoms with E-state index in [1.165, 1.54) is 0 Å². The number of carbonyl (C=O) groups is 2. The molecule has 0 bridgehead atoms. The first kappa shape index (κ1) is 41.9. The fraction of sp³-hybridized carbons (Fsp3) is 0.513. The van der Waals surface area contributed by atoms with Crippen molar-refractivity contribution in [2.75, 3.05) is 42.7 Å². The SMILES string of the molecule is CCCCOC(=O)c1cc(C)cc2c1C(C)(C)/C(=C\C=C\C1=[N+](CCCS(=O)(=O)O)c3cccc(C(=O)OCCC)c3C1(C)C)N2CCCS(=O)(=O)O. The molecule has 2 heterocycles. The monoisotopic (exact) mass is 773 g/mol. The molecule has 2 aliphatic rings. The highest BCUT2D eigenvalue weighted by molar-refractivity contribution is 7.86. The largest absolute Gasteiger partial charge is 0.462 e. The molecule has 2 aromatic carbocycles. The summed E-state index contributed by atoms with van der Waals surface area (Å²) in [5.74, 6) is -1.76. The van der Waals surface area contributed by atoms with Gasteiger partial charge in [0.2, 0.25) is 5.69 Å². The molecule has 0 spiro atoms. The fourth-order valence-electron chi connectivity index (χ4n) is 7.36. The lowest BCUT2D eigenvalue weighted by molar-refractivity contribution is -0.437. The third-order valence-electron chi connectivity index (χ3n) is 9.68. The topological polar surface area (TPSA) is 168 Å². The number of ether oxygens (including phenoxy) is 2. The highest BCUT2D eigenvalue weighted by Crippen LogP contribution is 2.50. The molecule has 0 amide bonds. The summed E-state index contributed by atoms with van der Waals surface area (Å²) in [4.78, 5) is 28.7. The quantitative estimate of drug-likeness (QED) is 0.0761. The summed E-state index contributed by atoms with van der Waals surface area (Å²) in [7, 11) is -8.43. The Morgan fingerprint density at radius 3 is 2.11 bits per heavy atom. The van der Waals surface area contributed by atoms with Gasteiger partial charge >= 0.3 is 11.9 Å². The number of rotatable bonds is 17. The molecule has 0 unspecified atom stereocenters. The second-order valence-electron chi connectivity index (χ2n) is 14.7. The number of hydrogen-bond acceptors (Lipinski definition) is 9. The van der Waals surface area contributed by atoms with E-state index in [1.54, 1.807) is 12.1 Å². The number of hydrogen-bond donors (Lipinski definition) is 2. The molecular weight excluding hydrogens is 721 g/mol. The molecule has 0 atom stereocenters. The summed E-state index contributed by atoms with van der Waals surface area (Å²) >= 11 is 0. The zero-order chi connectivity index (χ0) is 39.4.